The third-order valence-corrected chi connectivity index (χ3v) is 3.67. The minimum absolute atomic E-state index is 0.213. The van der Waals surface area contributed by atoms with Crippen LogP contribution in [0.4, 0.5) is 0 Å². The highest BCUT2D eigenvalue weighted by molar-refractivity contribution is 5.00. The summed E-state index contributed by atoms with van der Waals surface area (Å²) in [5.41, 5.74) is 0. The molecule has 1 unspecified atom stereocenters. The van der Waals surface area contributed by atoms with Crippen LogP contribution in [0.3, 0.4) is 0 Å². The van der Waals surface area contributed by atoms with Crippen molar-refractivity contribution in [1.82, 2.24) is 4.90 Å². The molecule has 6 atom stereocenters. The maximum absolute atomic E-state index is 10.0. The lowest BCUT2D eigenvalue weighted by Gasteiger charge is -2.33. The zero-order chi connectivity index (χ0) is 14.6. The predicted octanol–water partition coefficient (Wildman–Crippen LogP) is -2.73. The second kappa shape index (κ2) is 7.49. The number of β-amino-alcohol motifs (C(OH)–C–C–N with tert-alkyl or cyclic N) is 1. The first kappa shape index (κ1) is 16.8. The van der Waals surface area contributed by atoms with Crippen molar-refractivity contribution in [3.8, 4) is 0 Å². The predicted molar refractivity (Wildman–Crippen MR) is 67.4 cm³/mol. The number of aliphatic hydroxyl groups excluding tert-OH is 6. The zero-order valence-electron chi connectivity index (χ0n) is 11.1. The van der Waals surface area contributed by atoms with E-state index in [0.717, 1.165) is 12.8 Å². The molecule has 6 N–H and O–H groups in total. The molecule has 19 heavy (non-hydrogen) atoms. The molecular formula is C12H25NO6. The highest BCUT2D eigenvalue weighted by Gasteiger charge is 2.46. The highest BCUT2D eigenvalue weighted by atomic mass is 16.4. The summed E-state index contributed by atoms with van der Waals surface area (Å²) in [7, 11) is 0. The number of rotatable bonds is 7. The van der Waals surface area contributed by atoms with Crippen molar-refractivity contribution in [2.24, 2.45) is 0 Å². The average molecular weight is 279 g/mol. The van der Waals surface area contributed by atoms with Gasteiger partial charge >= 0.3 is 0 Å². The van der Waals surface area contributed by atoms with Gasteiger partial charge in [-0.25, -0.2) is 0 Å². The van der Waals surface area contributed by atoms with Gasteiger partial charge in [-0.1, -0.05) is 13.3 Å². The topological polar surface area (TPSA) is 125 Å². The van der Waals surface area contributed by atoms with E-state index in [1.807, 2.05) is 6.92 Å². The van der Waals surface area contributed by atoms with Crippen LogP contribution in [0.25, 0.3) is 0 Å². The van der Waals surface area contributed by atoms with Gasteiger partial charge in [0.15, 0.2) is 0 Å². The lowest BCUT2D eigenvalue weighted by Crippen LogP contribution is -2.54. The van der Waals surface area contributed by atoms with Crippen molar-refractivity contribution in [1.29, 1.82) is 0 Å². The Hall–Kier alpha value is -0.280. The van der Waals surface area contributed by atoms with Gasteiger partial charge in [-0.05, 0) is 13.0 Å². The Balaban J connectivity index is 2.74. The van der Waals surface area contributed by atoms with Crippen LogP contribution in [-0.4, -0.2) is 91.8 Å². The van der Waals surface area contributed by atoms with Gasteiger partial charge in [-0.2, -0.15) is 0 Å². The van der Waals surface area contributed by atoms with E-state index in [-0.39, 0.29) is 6.54 Å². The Bertz CT molecular complexity index is 267. The van der Waals surface area contributed by atoms with Gasteiger partial charge in [0.2, 0.25) is 0 Å². The van der Waals surface area contributed by atoms with Gasteiger partial charge < -0.3 is 30.6 Å². The van der Waals surface area contributed by atoms with Crippen molar-refractivity contribution >= 4 is 0 Å². The largest absolute Gasteiger partial charge is 0.394 e. The van der Waals surface area contributed by atoms with Crippen molar-refractivity contribution in [2.75, 3.05) is 19.7 Å². The summed E-state index contributed by atoms with van der Waals surface area (Å²) in [5, 5.41) is 57.4. The molecule has 7 heteroatoms. The fraction of sp³-hybridized carbons (Fsp3) is 1.00. The second-order valence-corrected chi connectivity index (χ2v) is 5.13. The van der Waals surface area contributed by atoms with Crippen LogP contribution in [0.2, 0.25) is 0 Å². The summed E-state index contributed by atoms with van der Waals surface area (Å²) in [6.07, 6.45) is -4.91. The molecule has 7 nitrogen and oxygen atoms in total. The third kappa shape index (κ3) is 3.85. The maximum Gasteiger partial charge on any atom is 0.110 e. The number of nitrogens with zero attached hydrogens (tertiary/aromatic N) is 1. The fourth-order valence-electron chi connectivity index (χ4n) is 2.47. The van der Waals surface area contributed by atoms with E-state index in [4.69, 9.17) is 5.11 Å². The average Bonchev–Trinajstić information content (AvgIpc) is 2.69. The standard InChI is InChI=1S/C12H25NO6/c1-2-3-4-13-5-7(15)10(17)9(13)12(19)11(18)8(16)6-14/h7-12,14-19H,2-6H2,1H3/t7-,8+,9?,10-,11-,12+/m0/s1. The summed E-state index contributed by atoms with van der Waals surface area (Å²) >= 11 is 0. The summed E-state index contributed by atoms with van der Waals surface area (Å²) in [4.78, 5) is 1.71. The van der Waals surface area contributed by atoms with Crippen molar-refractivity contribution < 1.29 is 30.6 Å². The summed E-state index contributed by atoms with van der Waals surface area (Å²) in [5.74, 6) is 0. The molecule has 1 fully saturated rings. The van der Waals surface area contributed by atoms with Crippen LogP contribution in [0.1, 0.15) is 19.8 Å². The Morgan fingerprint density at radius 3 is 2.37 bits per heavy atom. The molecule has 0 aromatic rings. The lowest BCUT2D eigenvalue weighted by atomic mass is 9.96. The van der Waals surface area contributed by atoms with E-state index >= 15 is 0 Å². The number of aliphatic hydroxyl groups is 6. The SMILES string of the molecule is CCCCN1C[C@H](O)[C@H](O)C1[C@@H](O)[C@@H](O)[C@H](O)CO. The maximum atomic E-state index is 10.0. The Kier molecular flexibility index (Phi) is 6.61. The minimum Gasteiger partial charge on any atom is -0.394 e. The van der Waals surface area contributed by atoms with Crippen LogP contribution in [0.15, 0.2) is 0 Å². The first-order valence-corrected chi connectivity index (χ1v) is 6.69. The summed E-state index contributed by atoms with van der Waals surface area (Å²) < 4.78 is 0. The Morgan fingerprint density at radius 1 is 1.21 bits per heavy atom. The second-order valence-electron chi connectivity index (χ2n) is 5.13. The van der Waals surface area contributed by atoms with Crippen molar-refractivity contribution in [3.05, 3.63) is 0 Å². The molecule has 0 saturated carbocycles. The minimum atomic E-state index is -1.57. The Labute approximate surface area is 112 Å². The molecule has 0 spiro atoms. The summed E-state index contributed by atoms with van der Waals surface area (Å²) in [6, 6.07) is -0.849. The zero-order valence-corrected chi connectivity index (χ0v) is 11.1. The molecule has 0 bridgehead atoms. The van der Waals surface area contributed by atoms with E-state index in [9.17, 15) is 25.5 Å². The van der Waals surface area contributed by atoms with E-state index in [1.54, 1.807) is 4.90 Å². The van der Waals surface area contributed by atoms with Gasteiger partial charge in [0.05, 0.1) is 24.9 Å². The quantitative estimate of drug-likeness (QED) is 0.299. The van der Waals surface area contributed by atoms with Gasteiger partial charge in [-0.3, -0.25) is 4.90 Å². The smallest absolute Gasteiger partial charge is 0.110 e. The normalized spacial score (nSPS) is 33.3. The van der Waals surface area contributed by atoms with Crippen LogP contribution in [0, 0.1) is 0 Å². The molecule has 0 aromatic carbocycles. The van der Waals surface area contributed by atoms with E-state index in [2.05, 4.69) is 0 Å². The lowest BCUT2D eigenvalue weighted by molar-refractivity contribution is -0.114. The van der Waals surface area contributed by atoms with Gasteiger partial charge in [0.25, 0.3) is 0 Å². The molecule has 0 aromatic heterocycles. The van der Waals surface area contributed by atoms with Crippen LogP contribution >= 0.6 is 0 Å². The number of unbranched alkanes of at least 4 members (excludes halogenated alkanes) is 1. The molecule has 1 aliphatic heterocycles. The van der Waals surface area contributed by atoms with Crippen molar-refractivity contribution in [3.63, 3.8) is 0 Å². The third-order valence-electron chi connectivity index (χ3n) is 3.67. The van der Waals surface area contributed by atoms with Gasteiger partial charge in [0.1, 0.15) is 18.3 Å². The number of likely N-dealkylation sites (tertiary alicyclic amines) is 1. The molecule has 114 valence electrons. The molecule has 0 amide bonds. The van der Waals surface area contributed by atoms with E-state index < -0.39 is 43.2 Å². The Morgan fingerprint density at radius 2 is 1.84 bits per heavy atom. The van der Waals surface area contributed by atoms with Crippen LogP contribution < -0.4 is 0 Å². The van der Waals surface area contributed by atoms with Crippen LogP contribution in [-0.2, 0) is 0 Å². The van der Waals surface area contributed by atoms with Gasteiger partial charge in [-0.15, -0.1) is 0 Å². The molecule has 1 rings (SSSR count). The monoisotopic (exact) mass is 279 g/mol. The van der Waals surface area contributed by atoms with E-state index in [1.165, 1.54) is 0 Å². The molecule has 1 saturated heterocycles. The molecule has 1 heterocycles. The van der Waals surface area contributed by atoms with Gasteiger partial charge in [0, 0.05) is 6.54 Å². The van der Waals surface area contributed by atoms with Crippen molar-refractivity contribution in [2.45, 2.75) is 56.3 Å². The first-order valence-electron chi connectivity index (χ1n) is 6.69. The van der Waals surface area contributed by atoms with Crippen LogP contribution in [0.5, 0.6) is 0 Å². The fourth-order valence-corrected chi connectivity index (χ4v) is 2.47. The number of hydrogen-bond acceptors (Lipinski definition) is 7. The first-order chi connectivity index (χ1) is 8.93. The summed E-state index contributed by atoms with van der Waals surface area (Å²) in [6.45, 7) is 2.11. The molecular weight excluding hydrogens is 254 g/mol. The molecule has 0 radical (unpaired) electrons. The highest BCUT2D eigenvalue weighted by Crippen LogP contribution is 2.24. The number of hydrogen-bond donors (Lipinski definition) is 6. The van der Waals surface area contributed by atoms with E-state index in [0.29, 0.717) is 6.54 Å². The molecule has 0 aliphatic carbocycles. The molecule has 1 aliphatic rings.